The van der Waals surface area contributed by atoms with Crippen molar-refractivity contribution in [2.45, 2.75) is 12.5 Å². The summed E-state index contributed by atoms with van der Waals surface area (Å²) in [6, 6.07) is 8.02. The molecular formula is C16H14O3. The van der Waals surface area contributed by atoms with Crippen LogP contribution in [0, 0.1) is 5.92 Å². The molecule has 0 aromatic heterocycles. The molecule has 1 N–H and O–H groups in total. The third-order valence-corrected chi connectivity index (χ3v) is 3.36. The Bertz CT molecular complexity index is 682. The number of carboxylic acids is 1. The predicted molar refractivity (Wildman–Crippen MR) is 72.5 cm³/mol. The van der Waals surface area contributed by atoms with E-state index in [1.807, 2.05) is 42.5 Å². The standard InChI is InChI=1S/C16H14O3/c17-16(18)8-11-5-6-15-14(7-11)9-12-3-1-2-4-13(12)10-19-15/h1-7,9-10,14-15H,8H2,(H,17,18). The molecule has 2 aliphatic rings. The molecule has 0 saturated carbocycles. The summed E-state index contributed by atoms with van der Waals surface area (Å²) in [4.78, 5) is 10.8. The molecule has 1 aromatic carbocycles. The van der Waals surface area contributed by atoms with Crippen LogP contribution in [-0.2, 0) is 9.53 Å². The molecule has 1 aromatic rings. The van der Waals surface area contributed by atoms with E-state index >= 15 is 0 Å². The number of carboxylic acid groups (broad SMARTS) is 1. The summed E-state index contributed by atoms with van der Waals surface area (Å²) in [6.45, 7) is 0. The Labute approximate surface area is 110 Å². The van der Waals surface area contributed by atoms with Gasteiger partial charge in [0.05, 0.1) is 12.7 Å². The van der Waals surface area contributed by atoms with E-state index in [4.69, 9.17) is 9.84 Å². The van der Waals surface area contributed by atoms with E-state index < -0.39 is 5.97 Å². The van der Waals surface area contributed by atoms with Crippen LogP contribution in [0.2, 0.25) is 0 Å². The van der Waals surface area contributed by atoms with Gasteiger partial charge in [-0.1, -0.05) is 42.5 Å². The Morgan fingerprint density at radius 2 is 2.00 bits per heavy atom. The molecule has 1 aliphatic carbocycles. The Hall–Kier alpha value is -2.29. The number of ether oxygens (including phenoxy) is 1. The summed E-state index contributed by atoms with van der Waals surface area (Å²) in [7, 11) is 0. The number of hydrogen-bond donors (Lipinski definition) is 1. The molecule has 3 heteroatoms. The van der Waals surface area contributed by atoms with Crippen molar-refractivity contribution >= 4 is 18.3 Å². The Kier molecular flexibility index (Phi) is 2.95. The Morgan fingerprint density at radius 3 is 2.79 bits per heavy atom. The number of allylic oxidation sites excluding steroid dienone is 1. The highest BCUT2D eigenvalue weighted by Gasteiger charge is 2.21. The minimum atomic E-state index is -0.809. The van der Waals surface area contributed by atoms with Crippen molar-refractivity contribution in [2.24, 2.45) is 5.92 Å². The molecule has 0 radical (unpaired) electrons. The molecule has 2 atom stereocenters. The van der Waals surface area contributed by atoms with Crippen LogP contribution >= 0.6 is 0 Å². The molecule has 1 heterocycles. The fraction of sp³-hybridized carbons (Fsp3) is 0.188. The molecule has 2 unspecified atom stereocenters. The molecule has 0 spiro atoms. The van der Waals surface area contributed by atoms with Crippen LogP contribution in [-0.4, -0.2) is 17.2 Å². The van der Waals surface area contributed by atoms with Crippen LogP contribution in [0.4, 0.5) is 0 Å². The first-order valence-corrected chi connectivity index (χ1v) is 6.25. The normalized spacial score (nSPS) is 23.7. The number of fused-ring (bicyclic) bond motifs is 2. The fourth-order valence-corrected chi connectivity index (χ4v) is 2.45. The average molecular weight is 254 g/mol. The summed E-state index contributed by atoms with van der Waals surface area (Å²) >= 11 is 0. The molecule has 0 fully saturated rings. The van der Waals surface area contributed by atoms with Crippen LogP contribution in [0.3, 0.4) is 0 Å². The zero-order valence-corrected chi connectivity index (χ0v) is 10.3. The van der Waals surface area contributed by atoms with Gasteiger partial charge in [0.2, 0.25) is 0 Å². The van der Waals surface area contributed by atoms with E-state index in [0.717, 1.165) is 16.0 Å². The first-order valence-electron chi connectivity index (χ1n) is 6.25. The summed E-state index contributed by atoms with van der Waals surface area (Å²) in [5.74, 6) is -0.727. The monoisotopic (exact) mass is 254 g/mol. The van der Waals surface area contributed by atoms with E-state index in [0.29, 0.717) is 0 Å². The third kappa shape index (κ3) is 2.45. The van der Waals surface area contributed by atoms with Crippen molar-refractivity contribution in [3.8, 4) is 0 Å². The molecule has 0 amide bonds. The molecule has 19 heavy (non-hydrogen) atoms. The Balaban J connectivity index is 2.01. The van der Waals surface area contributed by atoms with Gasteiger partial charge in [-0.3, -0.25) is 4.79 Å². The minimum absolute atomic E-state index is 0.0510. The maximum absolute atomic E-state index is 10.8. The lowest BCUT2D eigenvalue weighted by Gasteiger charge is -2.21. The summed E-state index contributed by atoms with van der Waals surface area (Å²) in [5.41, 5.74) is 0.827. The van der Waals surface area contributed by atoms with Gasteiger partial charge in [0.15, 0.2) is 0 Å². The number of carbonyl (C=O) groups is 1. The third-order valence-electron chi connectivity index (χ3n) is 3.36. The zero-order chi connectivity index (χ0) is 13.2. The van der Waals surface area contributed by atoms with Crippen LogP contribution in [0.25, 0.3) is 12.3 Å². The highest BCUT2D eigenvalue weighted by Crippen LogP contribution is 2.24. The van der Waals surface area contributed by atoms with Crippen molar-refractivity contribution in [2.75, 3.05) is 0 Å². The number of benzene rings is 1. The van der Waals surface area contributed by atoms with E-state index in [-0.39, 0.29) is 18.4 Å². The maximum atomic E-state index is 10.8. The van der Waals surface area contributed by atoms with Crippen molar-refractivity contribution in [3.05, 3.63) is 58.5 Å². The quantitative estimate of drug-likeness (QED) is 0.862. The lowest BCUT2D eigenvalue weighted by atomic mass is 9.91. The number of rotatable bonds is 2. The van der Waals surface area contributed by atoms with Gasteiger partial charge in [-0.05, 0) is 16.9 Å². The molecule has 0 saturated heterocycles. The van der Waals surface area contributed by atoms with E-state index in [2.05, 4.69) is 6.08 Å². The topological polar surface area (TPSA) is 46.5 Å². The zero-order valence-electron chi connectivity index (χ0n) is 10.3. The maximum Gasteiger partial charge on any atom is 0.307 e. The van der Waals surface area contributed by atoms with Crippen molar-refractivity contribution in [1.82, 2.24) is 0 Å². The number of hydrogen-bond acceptors (Lipinski definition) is 2. The molecule has 1 aliphatic heterocycles. The first kappa shape index (κ1) is 11.8. The van der Waals surface area contributed by atoms with E-state index in [1.165, 1.54) is 0 Å². The van der Waals surface area contributed by atoms with Crippen LogP contribution in [0.15, 0.2) is 48.1 Å². The molecular weight excluding hydrogens is 240 g/mol. The summed E-state index contributed by atoms with van der Waals surface area (Å²) in [6.07, 6.45) is 9.67. The van der Waals surface area contributed by atoms with Gasteiger partial charge < -0.3 is 9.84 Å². The average Bonchev–Trinajstić information content (AvgIpc) is 2.56. The van der Waals surface area contributed by atoms with Gasteiger partial charge in [-0.2, -0.15) is 0 Å². The van der Waals surface area contributed by atoms with Gasteiger partial charge >= 0.3 is 5.97 Å². The molecule has 3 nitrogen and oxygen atoms in total. The molecule has 0 bridgehead atoms. The lowest BCUT2D eigenvalue weighted by molar-refractivity contribution is -0.136. The van der Waals surface area contributed by atoms with Gasteiger partial charge in [0.25, 0.3) is 0 Å². The first-order chi connectivity index (χ1) is 9.22. The summed E-state index contributed by atoms with van der Waals surface area (Å²) < 4.78 is 5.75. The van der Waals surface area contributed by atoms with Crippen LogP contribution in [0.1, 0.15) is 6.42 Å². The van der Waals surface area contributed by atoms with Crippen molar-refractivity contribution in [3.63, 3.8) is 0 Å². The second-order valence-electron chi connectivity index (χ2n) is 4.76. The van der Waals surface area contributed by atoms with Gasteiger partial charge in [0, 0.05) is 11.1 Å². The number of aliphatic carboxylic acids is 1. The van der Waals surface area contributed by atoms with Gasteiger partial charge in [-0.25, -0.2) is 0 Å². The lowest BCUT2D eigenvalue weighted by Crippen LogP contribution is -2.24. The minimum Gasteiger partial charge on any atom is -0.492 e. The summed E-state index contributed by atoms with van der Waals surface area (Å²) in [5, 5.41) is 11.0. The van der Waals surface area contributed by atoms with Gasteiger partial charge in [-0.15, -0.1) is 0 Å². The SMILES string of the molecule is O=C(O)CC1=CC2C=c3ccccc3=COC2C=C1. The Morgan fingerprint density at radius 1 is 1.21 bits per heavy atom. The fourth-order valence-electron chi connectivity index (χ4n) is 2.45. The molecule has 3 rings (SSSR count). The van der Waals surface area contributed by atoms with E-state index in [9.17, 15) is 4.79 Å². The molecule has 96 valence electrons. The highest BCUT2D eigenvalue weighted by molar-refractivity contribution is 5.71. The van der Waals surface area contributed by atoms with Gasteiger partial charge in [0.1, 0.15) is 6.10 Å². The highest BCUT2D eigenvalue weighted by atomic mass is 16.5. The largest absolute Gasteiger partial charge is 0.492 e. The second kappa shape index (κ2) is 4.76. The van der Waals surface area contributed by atoms with E-state index in [1.54, 1.807) is 6.26 Å². The predicted octanol–water partition coefficient (Wildman–Crippen LogP) is 1.19. The van der Waals surface area contributed by atoms with Crippen molar-refractivity contribution in [1.29, 1.82) is 0 Å². The smallest absolute Gasteiger partial charge is 0.307 e. The van der Waals surface area contributed by atoms with Crippen molar-refractivity contribution < 1.29 is 14.6 Å². The van der Waals surface area contributed by atoms with Crippen LogP contribution in [0.5, 0.6) is 0 Å². The van der Waals surface area contributed by atoms with Crippen LogP contribution < -0.4 is 10.4 Å². The second-order valence-corrected chi connectivity index (χ2v) is 4.76.